The van der Waals surface area contributed by atoms with E-state index in [0.29, 0.717) is 56.8 Å². The highest BCUT2D eigenvalue weighted by Gasteiger charge is 2.73. The molecule has 6 rings (SSSR count). The van der Waals surface area contributed by atoms with Crippen molar-refractivity contribution in [2.24, 2.45) is 0 Å². The van der Waals surface area contributed by atoms with Crippen LogP contribution in [0.25, 0.3) is 6.08 Å². The molecule has 2 heterocycles. The average Bonchev–Trinajstić information content (AvgIpc) is 3.31. The summed E-state index contributed by atoms with van der Waals surface area (Å²) in [5.74, 6) is -0.106. The lowest BCUT2D eigenvalue weighted by atomic mass is 9.48. The quantitative estimate of drug-likeness (QED) is 0.212. The van der Waals surface area contributed by atoms with Gasteiger partial charge in [-0.25, -0.2) is 0 Å². The van der Waals surface area contributed by atoms with Gasteiger partial charge in [-0.2, -0.15) is 13.2 Å². The van der Waals surface area contributed by atoms with Crippen molar-refractivity contribution < 1.29 is 37.3 Å². The minimum absolute atomic E-state index is 0.184. The molecule has 10 heteroatoms. The second-order valence-electron chi connectivity index (χ2n) is 11.9. The first-order valence-corrected chi connectivity index (χ1v) is 14.7. The average molecular weight is 597 g/mol. The number of alkyl halides is 3. The van der Waals surface area contributed by atoms with E-state index in [4.69, 9.17) is 9.47 Å². The zero-order valence-corrected chi connectivity index (χ0v) is 24.2. The number of ether oxygens (including phenoxy) is 2. The monoisotopic (exact) mass is 596 g/mol. The second-order valence-corrected chi connectivity index (χ2v) is 11.9. The van der Waals surface area contributed by atoms with Crippen molar-refractivity contribution in [3.63, 3.8) is 0 Å². The van der Waals surface area contributed by atoms with Crippen LogP contribution in [-0.4, -0.2) is 70.2 Å². The number of piperidine rings is 1. The fraction of sp³-hybridized carbons (Fsp3) is 0.455. The molecule has 0 radical (unpaired) electrons. The van der Waals surface area contributed by atoms with E-state index in [9.17, 15) is 27.9 Å². The maximum Gasteiger partial charge on any atom is 0.416 e. The highest BCUT2D eigenvalue weighted by Crippen LogP contribution is 2.66. The summed E-state index contributed by atoms with van der Waals surface area (Å²) in [5, 5.41) is 12.7. The minimum atomic E-state index is -4.49. The number of hydrogen-bond acceptors (Lipinski definition) is 6. The molecule has 0 unspecified atom stereocenters. The summed E-state index contributed by atoms with van der Waals surface area (Å²) < 4.78 is 51.9. The zero-order valence-electron chi connectivity index (χ0n) is 24.2. The topological polar surface area (TPSA) is 79.3 Å². The third-order valence-electron chi connectivity index (χ3n) is 9.80. The van der Waals surface area contributed by atoms with Crippen LogP contribution in [0.3, 0.4) is 0 Å². The zero-order chi connectivity index (χ0) is 30.7. The molecule has 2 bridgehead atoms. The number of halogens is 3. The van der Waals surface area contributed by atoms with Gasteiger partial charge in [0.1, 0.15) is 6.10 Å². The van der Waals surface area contributed by atoms with Crippen molar-refractivity contribution in [2.75, 3.05) is 19.6 Å². The maximum atomic E-state index is 13.7. The number of nitrogens with zero attached hydrogens (tertiary/aromatic N) is 2. The van der Waals surface area contributed by atoms with Crippen LogP contribution in [0.15, 0.2) is 55.1 Å². The largest absolute Gasteiger partial charge is 0.483 e. The number of hydrogen-bond donors (Lipinski definition) is 1. The molecule has 1 N–H and O–H groups in total. The summed E-state index contributed by atoms with van der Waals surface area (Å²) in [6.45, 7) is 8.74. The number of rotatable bonds is 7. The van der Waals surface area contributed by atoms with Crippen LogP contribution in [0.1, 0.15) is 55.4 Å². The Kier molecular flexibility index (Phi) is 7.20. The van der Waals surface area contributed by atoms with Gasteiger partial charge in [-0.15, -0.1) is 6.58 Å². The molecule has 2 aliphatic carbocycles. The van der Waals surface area contributed by atoms with Crippen LogP contribution in [0.4, 0.5) is 13.2 Å². The summed E-state index contributed by atoms with van der Waals surface area (Å²) in [7, 11) is 0. The number of carbonyl (C=O) groups excluding carboxylic acids is 2. The molecule has 2 aromatic carbocycles. The van der Waals surface area contributed by atoms with Gasteiger partial charge in [-0.1, -0.05) is 24.3 Å². The molecule has 43 heavy (non-hydrogen) atoms. The summed E-state index contributed by atoms with van der Waals surface area (Å²) in [6.07, 6.45) is 1.49. The Bertz CT molecular complexity index is 1510. The van der Waals surface area contributed by atoms with E-state index in [0.717, 1.165) is 23.3 Å². The highest BCUT2D eigenvalue weighted by atomic mass is 19.4. The lowest BCUT2D eigenvalue weighted by Crippen LogP contribution is -2.78. The first kappa shape index (κ1) is 29.4. The number of carbonyl (C=O) groups is 2. The molecule has 1 spiro atoms. The number of esters is 1. The first-order chi connectivity index (χ1) is 20.4. The molecule has 5 atom stereocenters. The Morgan fingerprint density at radius 3 is 2.74 bits per heavy atom. The number of likely N-dealkylation sites (N-methyl/N-ethyl adjacent to an activating group) is 1. The third kappa shape index (κ3) is 4.49. The van der Waals surface area contributed by atoms with Gasteiger partial charge in [0.05, 0.1) is 22.6 Å². The van der Waals surface area contributed by atoms with Gasteiger partial charge >= 0.3 is 12.1 Å². The van der Waals surface area contributed by atoms with Crippen molar-refractivity contribution in [3.05, 3.63) is 77.4 Å². The van der Waals surface area contributed by atoms with Gasteiger partial charge in [-0.05, 0) is 74.6 Å². The van der Waals surface area contributed by atoms with Crippen LogP contribution >= 0.6 is 0 Å². The van der Waals surface area contributed by atoms with E-state index in [1.807, 2.05) is 19.1 Å². The molecule has 1 amide bonds. The molecule has 7 nitrogen and oxygen atoms in total. The molecule has 2 aliphatic heterocycles. The standard InChI is InChI=1S/C33H35F3N2O5/c1-4-16-37-17-15-31-28-22-10-11-25(42-20(3)39)29(28)43-30(31)24(13-14-32(31,41)26(37)19-22)38(5-2)27(40)12-9-21-7-6-8-23(18-21)33(34,35)36/h4,6-12,18,24,26,30,41H,1,5,13-17,19H2,2-3H3/t24-,26+,30-,31-,32+/m0/s1. The van der Waals surface area contributed by atoms with Crippen molar-refractivity contribution in [1.29, 1.82) is 0 Å². The minimum Gasteiger partial charge on any atom is -0.483 e. The number of amides is 1. The van der Waals surface area contributed by atoms with Gasteiger partial charge in [0, 0.05) is 37.7 Å². The molecular formula is C33H35F3N2O5. The Labute approximate surface area is 248 Å². The highest BCUT2D eigenvalue weighted by molar-refractivity contribution is 5.92. The van der Waals surface area contributed by atoms with Gasteiger partial charge in [0.2, 0.25) is 5.91 Å². The maximum absolute atomic E-state index is 13.7. The molecule has 228 valence electrons. The Morgan fingerprint density at radius 2 is 2.05 bits per heavy atom. The Hall–Kier alpha value is -3.63. The third-order valence-corrected chi connectivity index (χ3v) is 9.80. The van der Waals surface area contributed by atoms with Crippen molar-refractivity contribution >= 4 is 18.0 Å². The van der Waals surface area contributed by atoms with Crippen LogP contribution in [0, 0.1) is 0 Å². The number of benzene rings is 2. The van der Waals surface area contributed by atoms with Gasteiger partial charge in [0.15, 0.2) is 11.5 Å². The molecule has 2 fully saturated rings. The number of aliphatic hydroxyl groups is 1. The molecule has 2 aromatic rings. The molecule has 0 aromatic heterocycles. The van der Waals surface area contributed by atoms with Crippen molar-refractivity contribution in [3.8, 4) is 11.5 Å². The van der Waals surface area contributed by atoms with Crippen LogP contribution < -0.4 is 9.47 Å². The normalized spacial score (nSPS) is 29.1. The van der Waals surface area contributed by atoms with E-state index >= 15 is 0 Å². The van der Waals surface area contributed by atoms with Crippen LogP contribution in [0.5, 0.6) is 11.5 Å². The Balaban J connectivity index is 1.39. The molecule has 4 aliphatic rings. The second kappa shape index (κ2) is 10.5. The fourth-order valence-electron chi connectivity index (χ4n) is 8.17. The van der Waals surface area contributed by atoms with E-state index in [-0.39, 0.29) is 17.5 Å². The molecular weight excluding hydrogens is 561 g/mol. The van der Waals surface area contributed by atoms with E-state index < -0.39 is 40.9 Å². The lowest BCUT2D eigenvalue weighted by molar-refractivity contribution is -0.199. The fourth-order valence-corrected chi connectivity index (χ4v) is 8.17. The van der Waals surface area contributed by atoms with E-state index in [1.54, 1.807) is 11.0 Å². The molecule has 1 saturated heterocycles. The van der Waals surface area contributed by atoms with Crippen molar-refractivity contribution in [1.82, 2.24) is 9.80 Å². The predicted octanol–water partition coefficient (Wildman–Crippen LogP) is 4.90. The summed E-state index contributed by atoms with van der Waals surface area (Å²) in [6, 6.07) is 7.89. The van der Waals surface area contributed by atoms with Gasteiger partial charge in [-0.3, -0.25) is 14.5 Å². The summed E-state index contributed by atoms with van der Waals surface area (Å²) in [5.41, 5.74) is -0.626. The van der Waals surface area contributed by atoms with E-state index in [1.165, 1.54) is 31.2 Å². The van der Waals surface area contributed by atoms with Gasteiger partial charge < -0.3 is 19.5 Å². The van der Waals surface area contributed by atoms with E-state index in [2.05, 4.69) is 11.5 Å². The van der Waals surface area contributed by atoms with Gasteiger partial charge in [0.25, 0.3) is 0 Å². The first-order valence-electron chi connectivity index (χ1n) is 14.7. The summed E-state index contributed by atoms with van der Waals surface area (Å²) in [4.78, 5) is 29.6. The van der Waals surface area contributed by atoms with Crippen LogP contribution in [-0.2, 0) is 27.6 Å². The SMILES string of the molecule is C=CCN1CC[C@]23c4c5ccc(OC(C)=O)c4O[C@H]2[C@@H](N(CC)C(=O)C=Cc2cccc(C(F)(F)F)c2)CC[C@@]3(O)[C@H]1C5. The van der Waals surface area contributed by atoms with Crippen molar-refractivity contribution in [2.45, 2.75) is 74.9 Å². The molecule has 1 saturated carbocycles. The lowest BCUT2D eigenvalue weighted by Gasteiger charge is -2.64. The predicted molar refractivity (Wildman–Crippen MR) is 154 cm³/mol. The van der Waals surface area contributed by atoms with Crippen LogP contribution in [0.2, 0.25) is 0 Å². The number of likely N-dealkylation sites (tertiary alicyclic amines) is 1. The Morgan fingerprint density at radius 1 is 1.26 bits per heavy atom. The smallest absolute Gasteiger partial charge is 0.416 e. The summed E-state index contributed by atoms with van der Waals surface area (Å²) >= 11 is 0.